The molecule has 2 rings (SSSR count). The number of rotatable bonds is 45. The largest absolute Gasteiger partial charge is 0.394 e. The van der Waals surface area contributed by atoms with Crippen LogP contribution in [0, 0.1) is 0 Å². The summed E-state index contributed by atoms with van der Waals surface area (Å²) in [6, 6.07) is -0.930. The molecule has 2 aliphatic heterocycles. The van der Waals surface area contributed by atoms with Crippen LogP contribution in [0.5, 0.6) is 0 Å². The van der Waals surface area contributed by atoms with Gasteiger partial charge in [0, 0.05) is 6.42 Å². The van der Waals surface area contributed by atoms with E-state index in [1.54, 1.807) is 6.08 Å². The van der Waals surface area contributed by atoms with Gasteiger partial charge in [0.2, 0.25) is 5.91 Å². The molecular formula is C59H105NO13. The second-order valence-electron chi connectivity index (χ2n) is 20.4. The van der Waals surface area contributed by atoms with Gasteiger partial charge >= 0.3 is 0 Å². The Hall–Kier alpha value is -2.31. The molecule has 0 aromatic rings. The molecule has 1 amide bonds. The Balaban J connectivity index is 1.80. The Labute approximate surface area is 441 Å². The van der Waals surface area contributed by atoms with Gasteiger partial charge < -0.3 is 65.1 Å². The van der Waals surface area contributed by atoms with Gasteiger partial charge in [0.25, 0.3) is 0 Å². The Morgan fingerprint density at radius 1 is 0.507 bits per heavy atom. The van der Waals surface area contributed by atoms with Crippen LogP contribution >= 0.6 is 0 Å². The van der Waals surface area contributed by atoms with Gasteiger partial charge in [-0.15, -0.1) is 0 Å². The SMILES string of the molecule is CC/C=C\C/C=C\C/C=C\C/C=C\CCCCCCC(=O)NC(COC1OC(CO)C(OC2OC(CO)C(O)C(O)C2O)C(O)C1O)C(O)/C=C/CCCCCCCCCCCCCCCCCCCCCC. The van der Waals surface area contributed by atoms with Crippen LogP contribution < -0.4 is 5.32 Å². The van der Waals surface area contributed by atoms with Gasteiger partial charge in [0.1, 0.15) is 48.8 Å². The van der Waals surface area contributed by atoms with Gasteiger partial charge in [0.15, 0.2) is 12.6 Å². The first-order valence-electron chi connectivity index (χ1n) is 29.0. The zero-order chi connectivity index (χ0) is 53.2. The lowest BCUT2D eigenvalue weighted by Crippen LogP contribution is -2.65. The fourth-order valence-electron chi connectivity index (χ4n) is 9.28. The second kappa shape index (κ2) is 44.8. The lowest BCUT2D eigenvalue weighted by atomic mass is 9.97. The van der Waals surface area contributed by atoms with Crippen LogP contribution in [-0.2, 0) is 23.7 Å². The zero-order valence-corrected chi connectivity index (χ0v) is 45.4. The summed E-state index contributed by atoms with van der Waals surface area (Å²) < 4.78 is 22.7. The maximum absolute atomic E-state index is 13.2. The van der Waals surface area contributed by atoms with E-state index in [1.807, 2.05) is 6.08 Å². The predicted octanol–water partition coefficient (Wildman–Crippen LogP) is 9.39. The maximum atomic E-state index is 13.2. The van der Waals surface area contributed by atoms with Crippen LogP contribution in [-0.4, -0.2) is 140 Å². The van der Waals surface area contributed by atoms with Gasteiger partial charge in [-0.25, -0.2) is 0 Å². The zero-order valence-electron chi connectivity index (χ0n) is 45.4. The van der Waals surface area contributed by atoms with Gasteiger partial charge in [-0.05, 0) is 57.8 Å². The molecule has 0 bridgehead atoms. The first-order chi connectivity index (χ1) is 35.6. The molecule has 73 heavy (non-hydrogen) atoms. The van der Waals surface area contributed by atoms with Crippen molar-refractivity contribution >= 4 is 5.91 Å². The molecule has 9 N–H and O–H groups in total. The highest BCUT2D eigenvalue weighted by atomic mass is 16.7. The summed E-state index contributed by atoms with van der Waals surface area (Å²) in [4.78, 5) is 13.2. The predicted molar refractivity (Wildman–Crippen MR) is 290 cm³/mol. The summed E-state index contributed by atoms with van der Waals surface area (Å²) in [5.74, 6) is -0.263. The van der Waals surface area contributed by atoms with Crippen LogP contribution in [0.25, 0.3) is 0 Å². The number of amides is 1. The number of ether oxygens (including phenoxy) is 4. The average molecular weight is 1040 g/mol. The Morgan fingerprint density at radius 2 is 0.945 bits per heavy atom. The topological polar surface area (TPSA) is 228 Å². The molecule has 0 aromatic carbocycles. The summed E-state index contributed by atoms with van der Waals surface area (Å²) in [6.45, 7) is 2.67. The molecule has 0 aliphatic carbocycles. The molecule has 424 valence electrons. The monoisotopic (exact) mass is 1040 g/mol. The maximum Gasteiger partial charge on any atom is 0.220 e. The van der Waals surface area contributed by atoms with E-state index in [0.717, 1.165) is 70.6 Å². The van der Waals surface area contributed by atoms with E-state index in [1.165, 1.54) is 116 Å². The van der Waals surface area contributed by atoms with Crippen molar-refractivity contribution in [2.75, 3.05) is 19.8 Å². The van der Waals surface area contributed by atoms with E-state index >= 15 is 0 Å². The number of hydrogen-bond acceptors (Lipinski definition) is 13. The minimum absolute atomic E-state index is 0.251. The van der Waals surface area contributed by atoms with Crippen LogP contribution in [0.3, 0.4) is 0 Å². The number of aliphatic hydroxyl groups excluding tert-OH is 8. The Kier molecular flexibility index (Phi) is 41.0. The molecule has 2 aliphatic rings. The number of carbonyl (C=O) groups excluding carboxylic acids is 1. The highest BCUT2D eigenvalue weighted by molar-refractivity contribution is 5.76. The third-order valence-corrected chi connectivity index (χ3v) is 14.0. The minimum atomic E-state index is -1.79. The number of carbonyl (C=O) groups is 1. The summed E-state index contributed by atoms with van der Waals surface area (Å²) in [6.07, 6.45) is 39.7. The second-order valence-corrected chi connectivity index (χ2v) is 20.4. The van der Waals surface area contributed by atoms with Crippen molar-refractivity contribution in [1.29, 1.82) is 0 Å². The fourth-order valence-corrected chi connectivity index (χ4v) is 9.28. The summed E-state index contributed by atoms with van der Waals surface area (Å²) in [5, 5.41) is 87.0. The van der Waals surface area contributed by atoms with Crippen molar-refractivity contribution in [3.8, 4) is 0 Å². The Morgan fingerprint density at radius 3 is 1.45 bits per heavy atom. The van der Waals surface area contributed by atoms with Gasteiger partial charge in [-0.2, -0.15) is 0 Å². The van der Waals surface area contributed by atoms with Crippen LogP contribution in [0.1, 0.15) is 213 Å². The van der Waals surface area contributed by atoms with Crippen molar-refractivity contribution in [1.82, 2.24) is 5.32 Å². The van der Waals surface area contributed by atoms with Crippen LogP contribution in [0.4, 0.5) is 0 Å². The third kappa shape index (κ3) is 30.9. The van der Waals surface area contributed by atoms with E-state index in [0.29, 0.717) is 6.42 Å². The molecule has 0 radical (unpaired) electrons. The molecule has 0 saturated carbocycles. The lowest BCUT2D eigenvalue weighted by Gasteiger charge is -2.46. The van der Waals surface area contributed by atoms with Crippen molar-refractivity contribution in [2.24, 2.45) is 0 Å². The Bertz CT molecular complexity index is 1450. The summed E-state index contributed by atoms with van der Waals surface area (Å²) in [7, 11) is 0. The molecular weight excluding hydrogens is 931 g/mol. The molecule has 14 heteroatoms. The number of allylic oxidation sites excluding steroid dienone is 9. The van der Waals surface area contributed by atoms with E-state index in [9.17, 15) is 45.6 Å². The van der Waals surface area contributed by atoms with E-state index < -0.39 is 86.8 Å². The van der Waals surface area contributed by atoms with Crippen LogP contribution in [0.2, 0.25) is 0 Å². The summed E-state index contributed by atoms with van der Waals surface area (Å²) >= 11 is 0. The van der Waals surface area contributed by atoms with Crippen molar-refractivity contribution in [3.63, 3.8) is 0 Å². The quantitative estimate of drug-likeness (QED) is 0.0205. The van der Waals surface area contributed by atoms with E-state index in [-0.39, 0.29) is 18.9 Å². The molecule has 2 fully saturated rings. The first-order valence-corrected chi connectivity index (χ1v) is 29.0. The number of aliphatic hydroxyl groups is 8. The molecule has 12 atom stereocenters. The average Bonchev–Trinajstić information content (AvgIpc) is 3.39. The standard InChI is InChI=1S/C59H105NO13/c1-3-5-7-9-11-13-15-17-19-21-22-23-24-25-27-28-30-32-34-36-38-40-42-48(63)47(60-51(64)43-41-39-37-35-33-31-29-26-20-18-16-14-12-10-8-6-4-2)46-70-58-56(69)54(67)57(50(45-62)72-58)73-59-55(68)53(66)52(65)49(44-61)71-59/h6,8,12,14,18,20,29,31,40,42,47-50,52-59,61-63,65-69H,3-5,7,9-11,13,15-17,19,21-28,30,32-39,41,43-46H2,1-2H3,(H,60,64)/b8-6-,14-12-,20-18-,31-29-,42-40+. The molecule has 2 saturated heterocycles. The van der Waals surface area contributed by atoms with E-state index in [4.69, 9.17) is 18.9 Å². The minimum Gasteiger partial charge on any atom is -0.394 e. The molecule has 12 unspecified atom stereocenters. The highest BCUT2D eigenvalue weighted by Gasteiger charge is 2.51. The third-order valence-electron chi connectivity index (χ3n) is 14.0. The number of unbranched alkanes of at least 4 members (excludes halogenated alkanes) is 24. The van der Waals surface area contributed by atoms with Crippen molar-refractivity contribution in [2.45, 2.75) is 286 Å². The summed E-state index contributed by atoms with van der Waals surface area (Å²) in [5.41, 5.74) is 0. The molecule has 2 heterocycles. The van der Waals surface area contributed by atoms with E-state index in [2.05, 4.69) is 67.8 Å². The lowest BCUT2D eigenvalue weighted by molar-refractivity contribution is -0.359. The smallest absolute Gasteiger partial charge is 0.220 e. The number of nitrogens with one attached hydrogen (secondary N) is 1. The van der Waals surface area contributed by atoms with Crippen LogP contribution in [0.15, 0.2) is 60.8 Å². The van der Waals surface area contributed by atoms with Gasteiger partial charge in [-0.3, -0.25) is 4.79 Å². The van der Waals surface area contributed by atoms with Crippen molar-refractivity contribution < 1.29 is 64.6 Å². The number of hydrogen-bond donors (Lipinski definition) is 9. The van der Waals surface area contributed by atoms with Gasteiger partial charge in [-0.1, -0.05) is 209 Å². The molecule has 14 nitrogen and oxygen atoms in total. The van der Waals surface area contributed by atoms with Gasteiger partial charge in [0.05, 0.1) is 32.0 Å². The fraction of sp³-hybridized carbons (Fsp3) is 0.814. The highest BCUT2D eigenvalue weighted by Crippen LogP contribution is 2.30. The molecule has 0 aromatic heterocycles. The first kappa shape index (κ1) is 66.8. The normalized spacial score (nSPS) is 25.8. The molecule has 0 spiro atoms. The van der Waals surface area contributed by atoms with Crippen molar-refractivity contribution in [3.05, 3.63) is 60.8 Å².